The first-order valence-electron chi connectivity index (χ1n) is 7.32. The Morgan fingerprint density at radius 3 is 1.67 bits per heavy atom. The van der Waals surface area contributed by atoms with Crippen LogP contribution in [0.5, 0.6) is 0 Å². The van der Waals surface area contributed by atoms with Crippen LogP contribution in [0.4, 0.5) is 0 Å². The SMILES string of the molecule is CN(CCO)CCO.c1ccc2c(c1)Cc1ccccc1-2. The zero-order valence-corrected chi connectivity index (χ0v) is 12.5. The second kappa shape index (κ2) is 7.93. The predicted octanol–water partition coefficient (Wildman–Crippen LogP) is 2.16. The summed E-state index contributed by atoms with van der Waals surface area (Å²) in [7, 11) is 1.85. The molecule has 1 aliphatic carbocycles. The highest BCUT2D eigenvalue weighted by molar-refractivity contribution is 5.76. The molecule has 0 atom stereocenters. The monoisotopic (exact) mass is 285 g/mol. The highest BCUT2D eigenvalue weighted by Crippen LogP contribution is 2.35. The molecule has 2 N–H and O–H groups in total. The number of hydrogen-bond acceptors (Lipinski definition) is 3. The Morgan fingerprint density at radius 1 is 0.810 bits per heavy atom. The predicted molar refractivity (Wildman–Crippen MR) is 86.4 cm³/mol. The second-order valence-corrected chi connectivity index (χ2v) is 5.24. The molecule has 0 aliphatic heterocycles. The van der Waals surface area contributed by atoms with Crippen molar-refractivity contribution in [3.8, 4) is 11.1 Å². The normalized spacial score (nSPS) is 11.6. The molecule has 0 fully saturated rings. The van der Waals surface area contributed by atoms with Crippen LogP contribution in [0.1, 0.15) is 11.1 Å². The first-order valence-corrected chi connectivity index (χ1v) is 7.32. The van der Waals surface area contributed by atoms with Crippen LogP contribution in [0.15, 0.2) is 48.5 Å². The maximum Gasteiger partial charge on any atom is 0.0558 e. The maximum absolute atomic E-state index is 8.34. The summed E-state index contributed by atoms with van der Waals surface area (Å²) in [6.07, 6.45) is 1.10. The number of aliphatic hydroxyl groups excluding tert-OH is 2. The van der Waals surface area contributed by atoms with Crippen molar-refractivity contribution in [1.29, 1.82) is 0 Å². The third-order valence-electron chi connectivity index (χ3n) is 3.67. The summed E-state index contributed by atoms with van der Waals surface area (Å²) in [5.74, 6) is 0. The van der Waals surface area contributed by atoms with Gasteiger partial charge in [0.2, 0.25) is 0 Å². The number of nitrogens with zero attached hydrogens (tertiary/aromatic N) is 1. The molecule has 0 amide bonds. The minimum atomic E-state index is 0.163. The lowest BCUT2D eigenvalue weighted by atomic mass is 10.1. The Labute approximate surface area is 126 Å². The van der Waals surface area contributed by atoms with E-state index in [2.05, 4.69) is 48.5 Å². The van der Waals surface area contributed by atoms with E-state index in [0.717, 1.165) is 6.42 Å². The van der Waals surface area contributed by atoms with Gasteiger partial charge in [0.15, 0.2) is 0 Å². The summed E-state index contributed by atoms with van der Waals surface area (Å²) in [6, 6.07) is 17.3. The Morgan fingerprint density at radius 2 is 1.24 bits per heavy atom. The van der Waals surface area contributed by atoms with Crippen molar-refractivity contribution in [2.24, 2.45) is 0 Å². The fourth-order valence-electron chi connectivity index (χ4n) is 2.53. The fraction of sp³-hybridized carbons (Fsp3) is 0.333. The minimum absolute atomic E-state index is 0.163. The standard InChI is InChI=1S/C13H10.C5H13NO2/c1-3-7-12-10(5-1)9-11-6-2-4-8-13(11)12;1-6(2-4-7)3-5-8/h1-8H,9H2;7-8H,2-5H2,1H3. The molecular formula is C18H23NO2. The number of rotatable bonds is 4. The molecule has 0 radical (unpaired) electrons. The Bertz CT molecular complexity index is 519. The van der Waals surface area contributed by atoms with Crippen LogP contribution in [0.3, 0.4) is 0 Å². The van der Waals surface area contributed by atoms with Crippen molar-refractivity contribution < 1.29 is 10.2 Å². The Balaban J connectivity index is 0.000000177. The van der Waals surface area contributed by atoms with Gasteiger partial charge < -0.3 is 15.1 Å². The lowest BCUT2D eigenvalue weighted by molar-refractivity contribution is 0.184. The van der Waals surface area contributed by atoms with Crippen LogP contribution >= 0.6 is 0 Å². The molecule has 1 aliphatic rings. The van der Waals surface area contributed by atoms with Gasteiger partial charge in [0.05, 0.1) is 13.2 Å². The number of fused-ring (bicyclic) bond motifs is 3. The van der Waals surface area contributed by atoms with Crippen LogP contribution in [0.25, 0.3) is 11.1 Å². The first-order chi connectivity index (χ1) is 10.3. The molecule has 0 aromatic heterocycles. The smallest absolute Gasteiger partial charge is 0.0558 e. The van der Waals surface area contributed by atoms with Crippen molar-refractivity contribution in [2.45, 2.75) is 6.42 Å². The largest absolute Gasteiger partial charge is 0.395 e. The van der Waals surface area contributed by atoms with E-state index in [1.54, 1.807) is 0 Å². The average molecular weight is 285 g/mol. The van der Waals surface area contributed by atoms with Crippen LogP contribution in [0, 0.1) is 0 Å². The molecule has 21 heavy (non-hydrogen) atoms. The molecule has 0 unspecified atom stereocenters. The van der Waals surface area contributed by atoms with E-state index in [0.29, 0.717) is 13.1 Å². The second-order valence-electron chi connectivity index (χ2n) is 5.24. The van der Waals surface area contributed by atoms with Gasteiger partial charge in [-0.25, -0.2) is 0 Å². The van der Waals surface area contributed by atoms with Crippen LogP contribution in [0.2, 0.25) is 0 Å². The summed E-state index contributed by atoms with van der Waals surface area (Å²) in [6.45, 7) is 1.61. The molecule has 3 rings (SSSR count). The third-order valence-corrected chi connectivity index (χ3v) is 3.67. The van der Waals surface area contributed by atoms with Gasteiger partial charge in [0, 0.05) is 13.1 Å². The minimum Gasteiger partial charge on any atom is -0.395 e. The molecule has 3 heteroatoms. The molecule has 112 valence electrons. The topological polar surface area (TPSA) is 43.7 Å². The third kappa shape index (κ3) is 4.14. The number of benzene rings is 2. The molecular weight excluding hydrogens is 262 g/mol. The maximum atomic E-state index is 8.34. The lowest BCUT2D eigenvalue weighted by Gasteiger charge is -2.11. The number of likely N-dealkylation sites (N-methyl/N-ethyl adjacent to an activating group) is 1. The lowest BCUT2D eigenvalue weighted by Crippen LogP contribution is -2.25. The highest BCUT2D eigenvalue weighted by Gasteiger charge is 2.15. The molecule has 0 saturated carbocycles. The van der Waals surface area contributed by atoms with Crippen molar-refractivity contribution >= 4 is 0 Å². The van der Waals surface area contributed by atoms with Gasteiger partial charge in [-0.2, -0.15) is 0 Å². The van der Waals surface area contributed by atoms with E-state index in [1.165, 1.54) is 22.3 Å². The highest BCUT2D eigenvalue weighted by atomic mass is 16.3. The molecule has 3 nitrogen and oxygen atoms in total. The van der Waals surface area contributed by atoms with Gasteiger partial charge in [-0.05, 0) is 35.7 Å². The van der Waals surface area contributed by atoms with E-state index in [9.17, 15) is 0 Å². The number of hydrogen-bond donors (Lipinski definition) is 2. The van der Waals surface area contributed by atoms with Gasteiger partial charge >= 0.3 is 0 Å². The quantitative estimate of drug-likeness (QED) is 0.772. The summed E-state index contributed by atoms with van der Waals surface area (Å²) in [4.78, 5) is 1.86. The average Bonchev–Trinajstić information content (AvgIpc) is 2.87. The summed E-state index contributed by atoms with van der Waals surface area (Å²) >= 11 is 0. The molecule has 0 spiro atoms. The van der Waals surface area contributed by atoms with E-state index in [1.807, 2.05) is 11.9 Å². The van der Waals surface area contributed by atoms with Crippen molar-refractivity contribution in [1.82, 2.24) is 4.90 Å². The Hall–Kier alpha value is -1.68. The number of aliphatic hydroxyl groups is 2. The molecule has 2 aromatic carbocycles. The van der Waals surface area contributed by atoms with E-state index in [-0.39, 0.29) is 13.2 Å². The van der Waals surface area contributed by atoms with Crippen LogP contribution < -0.4 is 0 Å². The van der Waals surface area contributed by atoms with Crippen LogP contribution in [-0.4, -0.2) is 48.5 Å². The van der Waals surface area contributed by atoms with Crippen molar-refractivity contribution in [3.63, 3.8) is 0 Å². The summed E-state index contributed by atoms with van der Waals surface area (Å²) in [5, 5.41) is 16.7. The molecule has 2 aromatic rings. The zero-order chi connectivity index (χ0) is 15.1. The molecule has 0 saturated heterocycles. The first kappa shape index (κ1) is 15.7. The van der Waals surface area contributed by atoms with Gasteiger partial charge in [0.25, 0.3) is 0 Å². The van der Waals surface area contributed by atoms with E-state index < -0.39 is 0 Å². The van der Waals surface area contributed by atoms with E-state index in [4.69, 9.17) is 10.2 Å². The molecule has 0 bridgehead atoms. The van der Waals surface area contributed by atoms with Gasteiger partial charge in [0.1, 0.15) is 0 Å². The zero-order valence-electron chi connectivity index (χ0n) is 12.5. The fourth-order valence-corrected chi connectivity index (χ4v) is 2.53. The molecule has 0 heterocycles. The summed E-state index contributed by atoms with van der Waals surface area (Å²) < 4.78 is 0. The van der Waals surface area contributed by atoms with E-state index >= 15 is 0 Å². The van der Waals surface area contributed by atoms with Gasteiger partial charge in [-0.3, -0.25) is 0 Å². The Kier molecular flexibility index (Phi) is 5.93. The van der Waals surface area contributed by atoms with Crippen molar-refractivity contribution in [2.75, 3.05) is 33.4 Å². The van der Waals surface area contributed by atoms with Gasteiger partial charge in [-0.15, -0.1) is 0 Å². The van der Waals surface area contributed by atoms with Crippen LogP contribution in [-0.2, 0) is 6.42 Å². The summed E-state index contributed by atoms with van der Waals surface area (Å²) in [5.41, 5.74) is 5.75. The van der Waals surface area contributed by atoms with Crippen molar-refractivity contribution in [3.05, 3.63) is 59.7 Å². The van der Waals surface area contributed by atoms with Gasteiger partial charge in [-0.1, -0.05) is 48.5 Å².